The van der Waals surface area contributed by atoms with Gasteiger partial charge in [-0.05, 0) is 431 Å². The maximum atomic E-state index is 4.74. The molecule has 0 spiro atoms. The standard InChI is InChI=1S/4C16H17N.2C15H15N.C14H13N/c1-9-7-10(2)16-13-6-5-11(3)17-15(13)8-14(16)12(9)4;1-9-5-6-13-14(11(9)3)7-15-16(13)12(4)10(2)8-17-15;1-9-5-6-13-14(11(9)3)8-16-15(13)7-10(2)12(4)17-16;1-9-5-6-13-14(12(9)4)8-15-16(13)10(2)7-11(3)17-15;1-9-6-15-13-4-5-16-8-12(13)7-14(15)11(3)10(9)2;1-9-6-10(2)15-13-4-5-16-8-12(13)7-14(15)11(9)3;1-9-3-4-13-12-5-6-15-8-11(12)7-14(13)10(9)2/h5-7H,8H2,1-4H3;5-6,8H,7H2,1-4H3;2*5-7H,8H2,1-4H3;2*4-6,8H,7H2,1-3H3;3-6,8H,7H2,1-2H3. The summed E-state index contributed by atoms with van der Waals surface area (Å²) in [4.78, 5) is 31.4. The van der Waals surface area contributed by atoms with E-state index in [9.17, 15) is 0 Å². The maximum absolute atomic E-state index is 4.74. The molecule has 0 atom stereocenters. The monoisotopic (exact) mass is 1510 g/mol. The molecule has 0 fully saturated rings. The topological polar surface area (TPSA) is 90.2 Å². The van der Waals surface area contributed by atoms with Crippen LogP contribution in [-0.2, 0) is 44.9 Å². The molecule has 7 heterocycles. The van der Waals surface area contributed by atoms with Crippen LogP contribution in [0.25, 0.3) is 77.9 Å². The molecule has 21 rings (SSSR count). The van der Waals surface area contributed by atoms with Crippen molar-refractivity contribution < 1.29 is 0 Å². The molecule has 0 bridgehead atoms. The second-order valence-corrected chi connectivity index (χ2v) is 34.0. The quantitative estimate of drug-likeness (QED) is 0.149. The van der Waals surface area contributed by atoms with Crippen LogP contribution in [-0.4, -0.2) is 34.9 Å². The van der Waals surface area contributed by atoms with Crippen molar-refractivity contribution in [2.45, 2.75) is 211 Å². The van der Waals surface area contributed by atoms with E-state index in [4.69, 9.17) is 9.97 Å². The zero-order valence-corrected chi connectivity index (χ0v) is 72.5. The van der Waals surface area contributed by atoms with Gasteiger partial charge in [-0.2, -0.15) is 0 Å². The average Bonchev–Trinajstić information content (AvgIpc) is 1.64. The molecule has 7 aromatic heterocycles. The Labute approximate surface area is 684 Å². The first-order valence-corrected chi connectivity index (χ1v) is 41.3. The molecule has 7 heteroatoms. The van der Waals surface area contributed by atoms with Crippen LogP contribution in [0.1, 0.15) is 212 Å². The summed E-state index contributed by atoms with van der Waals surface area (Å²) >= 11 is 0. The Morgan fingerprint density at radius 3 is 1.16 bits per heavy atom. The number of pyridine rings is 7. The summed E-state index contributed by atoms with van der Waals surface area (Å²) < 4.78 is 0. The lowest BCUT2D eigenvalue weighted by Crippen LogP contribution is -1.93. The predicted molar refractivity (Wildman–Crippen MR) is 481 cm³/mol. The van der Waals surface area contributed by atoms with Crippen LogP contribution in [0.2, 0.25) is 0 Å². The van der Waals surface area contributed by atoms with E-state index >= 15 is 0 Å². The van der Waals surface area contributed by atoms with Crippen molar-refractivity contribution in [1.82, 2.24) is 34.9 Å². The molecular formula is C108H111N7. The molecule has 14 aromatic rings. The van der Waals surface area contributed by atoms with Gasteiger partial charge in [-0.15, -0.1) is 0 Å². The highest BCUT2D eigenvalue weighted by Crippen LogP contribution is 2.47. The van der Waals surface area contributed by atoms with E-state index in [1.807, 2.05) is 43.4 Å². The number of aryl methyl sites for hydroxylation is 15. The van der Waals surface area contributed by atoms with E-state index in [2.05, 4.69) is 300 Å². The minimum absolute atomic E-state index is 0.999. The molecule has 0 amide bonds. The Bertz CT molecular complexity index is 6350. The third-order valence-electron chi connectivity index (χ3n) is 27.0. The minimum Gasteiger partial charge on any atom is -0.264 e. The Balaban J connectivity index is 0.000000106. The Morgan fingerprint density at radius 2 is 0.583 bits per heavy atom. The molecule has 7 aliphatic rings. The van der Waals surface area contributed by atoms with Gasteiger partial charge in [0.15, 0.2) is 0 Å². The van der Waals surface area contributed by atoms with Crippen LogP contribution in [0.15, 0.2) is 153 Å². The van der Waals surface area contributed by atoms with Gasteiger partial charge in [0.2, 0.25) is 0 Å². The highest BCUT2D eigenvalue weighted by molar-refractivity contribution is 5.86. The average molecular weight is 1510 g/mol. The van der Waals surface area contributed by atoms with E-state index in [0.717, 1.165) is 62.0 Å². The first-order valence-electron chi connectivity index (χ1n) is 41.3. The number of nitrogens with zero attached hydrogens (tertiary/aromatic N) is 7. The summed E-state index contributed by atoms with van der Waals surface area (Å²) in [5, 5.41) is 0. The van der Waals surface area contributed by atoms with Gasteiger partial charge < -0.3 is 0 Å². The smallest absolute Gasteiger partial charge is 0.0531 e. The SMILES string of the molecule is Cc1cc(C)c2c(c1C)Cc1cnccc1-2.Cc1cc(C)c2c(n1)Cc1c-2ccc(C)c1C.Cc1cc2c(c(C)c1C)Cc1cnccc1-2.Cc1cc2c(nc1C)Cc1c-2ccc(C)c1C.Cc1ccc2c(c1C)Cc1cnccc1-2.Cc1ccc2c(c1C)Cc1ncc(C)c(C)c1-2.Cc1ccc2c(n1)Cc1c(C)c(C)cc(C)c1-2. The molecule has 7 aliphatic carbocycles. The third kappa shape index (κ3) is 14.5. The molecule has 0 aliphatic heterocycles. The Kier molecular flexibility index (Phi) is 21.5. The number of rotatable bonds is 0. The van der Waals surface area contributed by atoms with Crippen LogP contribution in [0.5, 0.6) is 0 Å². The Morgan fingerprint density at radius 1 is 0.200 bits per heavy atom. The van der Waals surface area contributed by atoms with Crippen molar-refractivity contribution in [1.29, 1.82) is 0 Å². The van der Waals surface area contributed by atoms with Gasteiger partial charge in [-0.1, -0.05) is 72.8 Å². The summed E-state index contributed by atoms with van der Waals surface area (Å²) in [6.07, 6.45) is 20.8. The van der Waals surface area contributed by atoms with Gasteiger partial charge in [0.25, 0.3) is 0 Å². The Hall–Kier alpha value is -11.4. The van der Waals surface area contributed by atoms with Gasteiger partial charge in [0.05, 0.1) is 22.8 Å². The molecule has 578 valence electrons. The summed E-state index contributed by atoms with van der Waals surface area (Å²) in [6.45, 7) is 52.5. The number of fused-ring (bicyclic) bond motifs is 21. The number of hydrogen-bond donors (Lipinski definition) is 0. The van der Waals surface area contributed by atoms with E-state index in [-0.39, 0.29) is 0 Å². The lowest BCUT2D eigenvalue weighted by Gasteiger charge is -2.11. The van der Waals surface area contributed by atoms with Crippen LogP contribution in [0.3, 0.4) is 0 Å². The number of benzene rings is 7. The summed E-state index contributed by atoms with van der Waals surface area (Å²) in [7, 11) is 0. The van der Waals surface area contributed by atoms with Gasteiger partial charge >= 0.3 is 0 Å². The zero-order chi connectivity index (χ0) is 81.6. The number of aromatic nitrogens is 7. The molecule has 7 aromatic carbocycles. The fourth-order valence-electron chi connectivity index (χ4n) is 19.0. The maximum Gasteiger partial charge on any atom is 0.0531 e. The van der Waals surface area contributed by atoms with Crippen molar-refractivity contribution in [3.8, 4) is 77.9 Å². The van der Waals surface area contributed by atoms with Crippen molar-refractivity contribution >= 4 is 0 Å². The lowest BCUT2D eigenvalue weighted by molar-refractivity contribution is 1.04. The molecular weight excluding hydrogens is 1400 g/mol. The fourth-order valence-corrected chi connectivity index (χ4v) is 19.0. The van der Waals surface area contributed by atoms with Crippen LogP contribution in [0.4, 0.5) is 0 Å². The van der Waals surface area contributed by atoms with Gasteiger partial charge in [0.1, 0.15) is 0 Å². The number of hydrogen-bond acceptors (Lipinski definition) is 7. The zero-order valence-electron chi connectivity index (χ0n) is 72.5. The van der Waals surface area contributed by atoms with Crippen molar-refractivity contribution in [3.63, 3.8) is 0 Å². The molecule has 0 saturated carbocycles. The summed E-state index contributed by atoms with van der Waals surface area (Å²) in [5.41, 5.74) is 71.5. The lowest BCUT2D eigenvalue weighted by atomic mass is 9.94. The molecule has 0 N–H and O–H groups in total. The van der Waals surface area contributed by atoms with E-state index < -0.39 is 0 Å². The fraction of sp³-hybridized carbons (Fsp3) is 0.287. The summed E-state index contributed by atoms with van der Waals surface area (Å²) in [6, 6.07) is 40.0. The van der Waals surface area contributed by atoms with Gasteiger partial charge in [-0.3, -0.25) is 34.9 Å². The van der Waals surface area contributed by atoms with Crippen molar-refractivity contribution in [2.24, 2.45) is 0 Å². The molecule has 0 radical (unpaired) electrons. The normalized spacial score (nSPS) is 12.5. The van der Waals surface area contributed by atoms with Crippen molar-refractivity contribution in [2.75, 3.05) is 0 Å². The largest absolute Gasteiger partial charge is 0.264 e. The predicted octanol–water partition coefficient (Wildman–Crippen LogP) is 26.0. The first kappa shape index (κ1) is 78.8. The van der Waals surface area contributed by atoms with E-state index in [0.29, 0.717) is 0 Å². The van der Waals surface area contributed by atoms with Crippen LogP contribution < -0.4 is 0 Å². The second-order valence-electron chi connectivity index (χ2n) is 34.0. The third-order valence-corrected chi connectivity index (χ3v) is 27.0. The highest BCUT2D eigenvalue weighted by atomic mass is 14.7. The first-order chi connectivity index (χ1) is 55.0. The van der Waals surface area contributed by atoms with Crippen LogP contribution >= 0.6 is 0 Å². The molecule has 7 nitrogen and oxygen atoms in total. The highest BCUT2D eigenvalue weighted by Gasteiger charge is 2.30. The second kappa shape index (κ2) is 31.4. The van der Waals surface area contributed by atoms with E-state index in [1.165, 1.54) is 273 Å². The molecule has 0 saturated heterocycles. The van der Waals surface area contributed by atoms with Crippen molar-refractivity contribution in [3.05, 3.63) is 365 Å². The minimum atomic E-state index is 0.999. The summed E-state index contributed by atoms with van der Waals surface area (Å²) in [5.74, 6) is 0. The van der Waals surface area contributed by atoms with Gasteiger partial charge in [-0.25, -0.2) is 0 Å². The van der Waals surface area contributed by atoms with Crippen LogP contribution in [0, 0.1) is 166 Å². The van der Waals surface area contributed by atoms with E-state index in [1.54, 1.807) is 0 Å². The molecule has 115 heavy (non-hydrogen) atoms. The van der Waals surface area contributed by atoms with Gasteiger partial charge in [0, 0.05) is 128 Å². The molecule has 0 unspecified atom stereocenters.